The summed E-state index contributed by atoms with van der Waals surface area (Å²) in [7, 11) is 0. The second kappa shape index (κ2) is 8.37. The van der Waals surface area contributed by atoms with Crippen LogP contribution < -0.4 is 0 Å². The minimum atomic E-state index is -0.882. The Kier molecular flexibility index (Phi) is 5.72. The molecule has 0 aliphatic rings. The topological polar surface area (TPSA) is 34.1 Å². The molecule has 0 amide bonds. The van der Waals surface area contributed by atoms with Crippen molar-refractivity contribution in [2.45, 2.75) is 6.42 Å². The molecule has 3 aromatic rings. The molecule has 0 aliphatic carbocycles. The summed E-state index contributed by atoms with van der Waals surface area (Å²) in [5.74, 6) is -1.71. The average Bonchev–Trinajstić information content (AvgIpc) is 2.72. The minimum Gasteiger partial charge on any atom is -0.293 e. The van der Waals surface area contributed by atoms with Crippen molar-refractivity contribution in [2.24, 2.45) is 5.92 Å². The van der Waals surface area contributed by atoms with Crippen LogP contribution in [0.25, 0.3) is 5.57 Å². The van der Waals surface area contributed by atoms with Gasteiger partial charge in [0.05, 0.1) is 5.92 Å². The van der Waals surface area contributed by atoms with Gasteiger partial charge in [-0.05, 0) is 29.7 Å². The second-order valence-corrected chi connectivity index (χ2v) is 6.33. The van der Waals surface area contributed by atoms with Crippen LogP contribution in [0.2, 0.25) is 0 Å². The van der Waals surface area contributed by atoms with E-state index in [1.165, 1.54) is 12.1 Å². The highest BCUT2D eigenvalue weighted by molar-refractivity contribution is 6.16. The average molecular weight is 358 g/mol. The molecule has 0 aromatic heterocycles. The van der Waals surface area contributed by atoms with Crippen LogP contribution >= 0.6 is 0 Å². The first-order valence-electron chi connectivity index (χ1n) is 8.68. The zero-order valence-corrected chi connectivity index (χ0v) is 14.8. The smallest absolute Gasteiger partial charge is 0.174 e. The fourth-order valence-corrected chi connectivity index (χ4v) is 2.96. The van der Waals surface area contributed by atoms with Gasteiger partial charge in [0.1, 0.15) is 5.82 Å². The van der Waals surface area contributed by atoms with Gasteiger partial charge in [0.25, 0.3) is 0 Å². The van der Waals surface area contributed by atoms with E-state index in [2.05, 4.69) is 6.58 Å². The molecule has 2 nitrogen and oxygen atoms in total. The highest BCUT2D eigenvalue weighted by Gasteiger charge is 2.29. The van der Waals surface area contributed by atoms with Crippen molar-refractivity contribution >= 4 is 17.1 Å². The fraction of sp³-hybridized carbons (Fsp3) is 0.0833. The highest BCUT2D eigenvalue weighted by Crippen LogP contribution is 2.26. The number of carbonyl (C=O) groups is 2. The van der Waals surface area contributed by atoms with Crippen LogP contribution in [0.4, 0.5) is 4.39 Å². The Balaban J connectivity index is 1.92. The predicted molar refractivity (Wildman–Crippen MR) is 105 cm³/mol. The van der Waals surface area contributed by atoms with Crippen LogP contribution in [0, 0.1) is 11.7 Å². The lowest BCUT2D eigenvalue weighted by molar-refractivity contribution is 0.0810. The van der Waals surface area contributed by atoms with Crippen molar-refractivity contribution in [2.75, 3.05) is 0 Å². The van der Waals surface area contributed by atoms with Crippen molar-refractivity contribution in [1.82, 2.24) is 0 Å². The Hall–Kier alpha value is -3.33. The van der Waals surface area contributed by atoms with Gasteiger partial charge in [-0.3, -0.25) is 9.59 Å². The number of benzene rings is 3. The predicted octanol–water partition coefficient (Wildman–Crippen LogP) is 5.61. The molecule has 0 spiro atoms. The number of Topliss-reactive ketones (excluding diaryl/α,β-unsaturated/α-hetero) is 2. The first kappa shape index (κ1) is 18.5. The van der Waals surface area contributed by atoms with Crippen molar-refractivity contribution < 1.29 is 14.0 Å². The summed E-state index contributed by atoms with van der Waals surface area (Å²) in [5.41, 5.74) is 2.30. The van der Waals surface area contributed by atoms with Gasteiger partial charge in [-0.25, -0.2) is 4.39 Å². The summed E-state index contributed by atoms with van der Waals surface area (Å²) in [6.45, 7) is 4.02. The van der Waals surface area contributed by atoms with Gasteiger partial charge in [-0.15, -0.1) is 0 Å². The molecule has 0 bridgehead atoms. The zero-order chi connectivity index (χ0) is 19.2. The molecule has 3 rings (SSSR count). The number of ketones is 2. The van der Waals surface area contributed by atoms with E-state index in [0.717, 1.165) is 0 Å². The van der Waals surface area contributed by atoms with Crippen LogP contribution in [0.1, 0.15) is 32.7 Å². The second-order valence-electron chi connectivity index (χ2n) is 6.33. The van der Waals surface area contributed by atoms with Crippen LogP contribution in [0.5, 0.6) is 0 Å². The molecule has 0 N–H and O–H groups in total. The molecular weight excluding hydrogens is 339 g/mol. The van der Waals surface area contributed by atoms with E-state index >= 15 is 0 Å². The molecule has 27 heavy (non-hydrogen) atoms. The van der Waals surface area contributed by atoms with Gasteiger partial charge in [0, 0.05) is 11.1 Å². The van der Waals surface area contributed by atoms with Gasteiger partial charge < -0.3 is 0 Å². The molecule has 3 heteroatoms. The van der Waals surface area contributed by atoms with E-state index in [1.807, 2.05) is 12.1 Å². The third kappa shape index (κ3) is 4.45. The summed E-state index contributed by atoms with van der Waals surface area (Å²) >= 11 is 0. The maximum absolute atomic E-state index is 13.2. The fourth-order valence-electron chi connectivity index (χ4n) is 2.96. The Labute approximate surface area is 158 Å². The number of rotatable bonds is 7. The molecule has 0 saturated heterocycles. The van der Waals surface area contributed by atoms with Gasteiger partial charge >= 0.3 is 0 Å². The monoisotopic (exact) mass is 358 g/mol. The summed E-state index contributed by atoms with van der Waals surface area (Å²) in [6.07, 6.45) is 0.174. The molecule has 0 fully saturated rings. The molecule has 0 radical (unpaired) electrons. The summed E-state index contributed by atoms with van der Waals surface area (Å²) in [5, 5.41) is 0. The standard InChI is InChI=1S/C24H19FO2/c1-17(18-12-14-21(25)15-13-18)16-22(23(26)19-8-4-2-5-9-19)24(27)20-10-6-3-7-11-20/h2-15,22H,1,16H2. The van der Waals surface area contributed by atoms with E-state index < -0.39 is 5.92 Å². The normalized spacial score (nSPS) is 10.6. The lowest BCUT2D eigenvalue weighted by Crippen LogP contribution is -2.25. The van der Waals surface area contributed by atoms with Gasteiger partial charge in [0.2, 0.25) is 0 Å². The SMILES string of the molecule is C=C(CC(C(=O)c1ccccc1)C(=O)c1ccccc1)c1ccc(F)cc1. The van der Waals surface area contributed by atoms with E-state index in [0.29, 0.717) is 22.3 Å². The first-order valence-corrected chi connectivity index (χ1v) is 8.68. The van der Waals surface area contributed by atoms with Crippen molar-refractivity contribution in [3.8, 4) is 0 Å². The molecule has 0 aliphatic heterocycles. The third-order valence-corrected chi connectivity index (χ3v) is 4.45. The van der Waals surface area contributed by atoms with Crippen LogP contribution in [0.3, 0.4) is 0 Å². The number of carbonyl (C=O) groups excluding carboxylic acids is 2. The molecule has 0 saturated carbocycles. The van der Waals surface area contributed by atoms with Crippen LogP contribution in [0.15, 0.2) is 91.5 Å². The summed E-state index contributed by atoms with van der Waals surface area (Å²) in [6, 6.07) is 23.4. The molecule has 134 valence electrons. The largest absolute Gasteiger partial charge is 0.293 e. The molecule has 0 atom stereocenters. The Morgan fingerprint density at radius 2 is 1.15 bits per heavy atom. The lowest BCUT2D eigenvalue weighted by atomic mass is 9.84. The molecule has 0 heterocycles. The number of allylic oxidation sites excluding steroid dienone is 1. The highest BCUT2D eigenvalue weighted by atomic mass is 19.1. The van der Waals surface area contributed by atoms with E-state index in [4.69, 9.17) is 0 Å². The zero-order valence-electron chi connectivity index (χ0n) is 14.8. The Morgan fingerprint density at radius 3 is 1.59 bits per heavy atom. The van der Waals surface area contributed by atoms with Gasteiger partial charge in [0.15, 0.2) is 11.6 Å². The van der Waals surface area contributed by atoms with Gasteiger partial charge in [-0.2, -0.15) is 0 Å². The van der Waals surface area contributed by atoms with Crippen molar-refractivity contribution in [3.63, 3.8) is 0 Å². The van der Waals surface area contributed by atoms with E-state index in [-0.39, 0.29) is 23.8 Å². The molecule has 0 unspecified atom stereocenters. The lowest BCUT2D eigenvalue weighted by Gasteiger charge is -2.17. The van der Waals surface area contributed by atoms with E-state index in [1.54, 1.807) is 60.7 Å². The molecular formula is C24H19FO2. The third-order valence-electron chi connectivity index (χ3n) is 4.45. The molecule has 3 aromatic carbocycles. The van der Waals surface area contributed by atoms with Gasteiger partial charge in [-0.1, -0.05) is 79.4 Å². The first-order chi connectivity index (χ1) is 13.1. The van der Waals surface area contributed by atoms with Crippen LogP contribution in [-0.4, -0.2) is 11.6 Å². The van der Waals surface area contributed by atoms with E-state index in [9.17, 15) is 14.0 Å². The minimum absolute atomic E-state index is 0.174. The van der Waals surface area contributed by atoms with Crippen molar-refractivity contribution in [3.05, 3.63) is 114 Å². The number of hydrogen-bond donors (Lipinski definition) is 0. The van der Waals surface area contributed by atoms with Crippen LogP contribution in [-0.2, 0) is 0 Å². The Bertz CT molecular complexity index is 893. The van der Waals surface area contributed by atoms with Crippen molar-refractivity contribution in [1.29, 1.82) is 0 Å². The Morgan fingerprint density at radius 1 is 0.704 bits per heavy atom. The maximum Gasteiger partial charge on any atom is 0.174 e. The quantitative estimate of drug-likeness (QED) is 0.406. The number of hydrogen-bond acceptors (Lipinski definition) is 2. The summed E-state index contributed by atoms with van der Waals surface area (Å²) < 4.78 is 13.2. The number of halogens is 1. The maximum atomic E-state index is 13.2. The summed E-state index contributed by atoms with van der Waals surface area (Å²) in [4.78, 5) is 26.1.